The lowest BCUT2D eigenvalue weighted by molar-refractivity contribution is 0.102. The first kappa shape index (κ1) is 19.3. The first-order valence-corrected chi connectivity index (χ1v) is 10.8. The maximum absolute atomic E-state index is 12.5. The van der Waals surface area contributed by atoms with E-state index >= 15 is 0 Å². The van der Waals surface area contributed by atoms with Crippen LogP contribution in [-0.4, -0.2) is 33.5 Å². The van der Waals surface area contributed by atoms with Crippen LogP contribution in [0.1, 0.15) is 27.0 Å². The fraction of sp³-hybridized carbons (Fsp3) is 0.278. The van der Waals surface area contributed by atoms with E-state index in [-0.39, 0.29) is 5.56 Å². The molecule has 0 saturated carbocycles. The highest BCUT2D eigenvalue weighted by Crippen LogP contribution is 2.31. The van der Waals surface area contributed by atoms with Gasteiger partial charge in [-0.1, -0.05) is 42.0 Å². The van der Waals surface area contributed by atoms with Crippen LogP contribution in [0.3, 0.4) is 0 Å². The summed E-state index contributed by atoms with van der Waals surface area (Å²) in [6, 6.07) is 10.8. The van der Waals surface area contributed by atoms with Gasteiger partial charge in [-0.25, -0.2) is 16.8 Å². The molecule has 0 atom stereocenters. The number of rotatable bonds is 6. The van der Waals surface area contributed by atoms with Crippen molar-refractivity contribution >= 4 is 26.3 Å². The minimum absolute atomic E-state index is 0.280. The van der Waals surface area contributed by atoms with Crippen molar-refractivity contribution in [1.29, 1.82) is 0 Å². The fourth-order valence-corrected chi connectivity index (χ4v) is 5.24. The zero-order valence-corrected chi connectivity index (χ0v) is 16.0. The molecular weight excluding hydrogens is 360 g/mol. The van der Waals surface area contributed by atoms with Crippen LogP contribution in [-0.2, 0) is 20.5 Å². The Morgan fingerprint density at radius 3 is 2.12 bits per heavy atom. The van der Waals surface area contributed by atoms with Gasteiger partial charge in [0, 0.05) is 5.56 Å². The van der Waals surface area contributed by atoms with Crippen LogP contribution in [0, 0.1) is 20.8 Å². The molecule has 0 unspecified atom stereocenters. The third-order valence-electron chi connectivity index (χ3n) is 3.83. The second-order valence-electron chi connectivity index (χ2n) is 6.09. The second kappa shape index (κ2) is 7.49. The summed E-state index contributed by atoms with van der Waals surface area (Å²) in [5.41, 5.74) is 4.91. The van der Waals surface area contributed by atoms with Crippen LogP contribution >= 0.6 is 0 Å². The van der Waals surface area contributed by atoms with Crippen molar-refractivity contribution in [2.75, 3.05) is 10.8 Å². The Morgan fingerprint density at radius 1 is 1.00 bits per heavy atom. The van der Waals surface area contributed by atoms with Gasteiger partial charge in [-0.2, -0.15) is 0 Å². The molecule has 2 aromatic carbocycles. The molecule has 2 rings (SSSR count). The first-order valence-electron chi connectivity index (χ1n) is 7.63. The Morgan fingerprint density at radius 2 is 1.56 bits per heavy atom. The molecule has 0 aliphatic carbocycles. The number of hydrogen-bond acceptors (Lipinski definition) is 5. The van der Waals surface area contributed by atoms with Crippen LogP contribution < -0.4 is 0 Å². The molecule has 0 spiro atoms. The van der Waals surface area contributed by atoms with Crippen LogP contribution in [0.25, 0.3) is 11.1 Å². The average molecular weight is 380 g/mol. The number of thiol groups is 1. The largest absolute Gasteiger partial charge is 0.293 e. The van der Waals surface area contributed by atoms with E-state index in [1.807, 2.05) is 32.9 Å². The number of ketones is 1. The summed E-state index contributed by atoms with van der Waals surface area (Å²) >= 11 is 0. The van der Waals surface area contributed by atoms with Crippen molar-refractivity contribution in [2.24, 2.45) is 0 Å². The zero-order valence-electron chi connectivity index (χ0n) is 14.3. The number of benzene rings is 2. The number of Topliss-reactive ketones (excluding diaryl/α,β-unsaturated/α-hetero) is 1. The molecule has 5 nitrogen and oxygen atoms in total. The summed E-state index contributed by atoms with van der Waals surface area (Å²) in [7, 11) is -7.09. The molecule has 134 valence electrons. The molecule has 25 heavy (non-hydrogen) atoms. The van der Waals surface area contributed by atoms with E-state index in [0.717, 1.165) is 22.3 Å². The molecule has 0 bridgehead atoms. The monoisotopic (exact) mass is 380 g/mol. The van der Waals surface area contributed by atoms with Gasteiger partial charge in [0.1, 0.15) is 10.8 Å². The molecule has 0 fully saturated rings. The quantitative estimate of drug-likeness (QED) is 0.615. The summed E-state index contributed by atoms with van der Waals surface area (Å²) in [6.07, 6.45) is 0. The minimum atomic E-state index is -4.00. The van der Waals surface area contributed by atoms with Gasteiger partial charge in [-0.3, -0.25) is 4.79 Å². The predicted octanol–water partition coefficient (Wildman–Crippen LogP) is 2.45. The molecule has 0 heterocycles. The topological polar surface area (TPSA) is 85.3 Å². The van der Waals surface area contributed by atoms with E-state index in [4.69, 9.17) is 0 Å². The van der Waals surface area contributed by atoms with E-state index in [2.05, 4.69) is 0 Å². The van der Waals surface area contributed by atoms with Gasteiger partial charge in [0.25, 0.3) is 0 Å². The Kier molecular flexibility index (Phi) is 5.80. The van der Waals surface area contributed by atoms with Gasteiger partial charge in [0.05, 0.1) is 0 Å². The third kappa shape index (κ3) is 4.76. The molecule has 0 N–H and O–H groups in total. The highest BCUT2D eigenvalue weighted by atomic mass is 32.3. The molecule has 2 aromatic rings. The number of aryl methyl sites for hydroxylation is 3. The molecule has 0 radical (unpaired) electrons. The molecule has 0 aromatic heterocycles. The molecule has 0 aliphatic heterocycles. The standard InChI is InChI=1S/C18H20O5S2/c1-12-8-13(2)18(14(3)9-12)16-7-5-4-6-15(16)17(19)10-25(22,23)11-24(20)21/h4-9,24H,10-11H2,1-3H3. The zero-order chi connectivity index (χ0) is 18.8. The van der Waals surface area contributed by atoms with Crippen molar-refractivity contribution in [3.05, 3.63) is 58.7 Å². The van der Waals surface area contributed by atoms with Crippen LogP contribution in [0.2, 0.25) is 0 Å². The minimum Gasteiger partial charge on any atom is -0.293 e. The van der Waals surface area contributed by atoms with Gasteiger partial charge >= 0.3 is 0 Å². The molecule has 0 amide bonds. The van der Waals surface area contributed by atoms with Gasteiger partial charge in [0.15, 0.2) is 26.3 Å². The maximum Gasteiger partial charge on any atom is 0.178 e. The summed E-state index contributed by atoms with van der Waals surface area (Å²) in [6.45, 7) is 5.86. The van der Waals surface area contributed by atoms with Crippen molar-refractivity contribution in [3.8, 4) is 11.1 Å². The van der Waals surface area contributed by atoms with Crippen molar-refractivity contribution in [2.45, 2.75) is 20.8 Å². The number of sulfone groups is 1. The highest BCUT2D eigenvalue weighted by molar-refractivity contribution is 8.01. The lowest BCUT2D eigenvalue weighted by Crippen LogP contribution is -2.20. The summed E-state index contributed by atoms with van der Waals surface area (Å²) in [5, 5.41) is -1.02. The van der Waals surface area contributed by atoms with E-state index in [0.29, 0.717) is 5.56 Å². The highest BCUT2D eigenvalue weighted by Gasteiger charge is 2.22. The van der Waals surface area contributed by atoms with Crippen molar-refractivity contribution < 1.29 is 21.6 Å². The predicted molar refractivity (Wildman–Crippen MR) is 99.4 cm³/mol. The van der Waals surface area contributed by atoms with E-state index in [1.165, 1.54) is 0 Å². The number of carbonyl (C=O) groups is 1. The van der Waals surface area contributed by atoms with E-state index in [1.54, 1.807) is 24.3 Å². The van der Waals surface area contributed by atoms with Crippen molar-refractivity contribution in [3.63, 3.8) is 0 Å². The Labute approximate surface area is 149 Å². The molecule has 0 aliphatic rings. The van der Waals surface area contributed by atoms with Crippen LogP contribution in [0.5, 0.6) is 0 Å². The Bertz CT molecular complexity index is 971. The lowest BCUT2D eigenvalue weighted by Gasteiger charge is -2.15. The molecule has 0 saturated heterocycles. The molecular formula is C18H20O5S2. The summed E-state index contributed by atoms with van der Waals surface area (Å²) in [4.78, 5) is 12.5. The van der Waals surface area contributed by atoms with Crippen molar-refractivity contribution in [1.82, 2.24) is 0 Å². The number of hydrogen-bond donors (Lipinski definition) is 1. The average Bonchev–Trinajstić information content (AvgIpc) is 2.44. The number of carbonyl (C=O) groups excluding carboxylic acids is 1. The maximum atomic E-state index is 12.5. The third-order valence-corrected chi connectivity index (χ3v) is 6.95. The fourth-order valence-electron chi connectivity index (χ4n) is 3.03. The summed E-state index contributed by atoms with van der Waals surface area (Å²) < 4.78 is 45.1. The normalized spacial score (nSPS) is 11.7. The van der Waals surface area contributed by atoms with Gasteiger partial charge in [0.2, 0.25) is 0 Å². The Balaban J connectivity index is 2.51. The van der Waals surface area contributed by atoms with E-state index < -0.39 is 37.2 Å². The second-order valence-corrected chi connectivity index (χ2v) is 9.57. The SMILES string of the molecule is Cc1cc(C)c(-c2ccccc2C(=O)CS(=O)(=O)C[SH](=O)=O)c(C)c1. The Hall–Kier alpha value is -1.99. The van der Waals surface area contributed by atoms with Gasteiger partial charge < -0.3 is 0 Å². The van der Waals surface area contributed by atoms with Gasteiger partial charge in [-0.15, -0.1) is 0 Å². The smallest absolute Gasteiger partial charge is 0.178 e. The lowest BCUT2D eigenvalue weighted by atomic mass is 9.90. The van der Waals surface area contributed by atoms with Crippen LogP contribution in [0.4, 0.5) is 0 Å². The first-order chi connectivity index (χ1) is 11.6. The van der Waals surface area contributed by atoms with Crippen LogP contribution in [0.15, 0.2) is 36.4 Å². The molecule has 7 heteroatoms. The van der Waals surface area contributed by atoms with Gasteiger partial charge in [-0.05, 0) is 43.0 Å². The van der Waals surface area contributed by atoms with E-state index in [9.17, 15) is 21.6 Å². The summed E-state index contributed by atoms with van der Waals surface area (Å²) in [5.74, 6) is -1.43.